The number of nitrogens with zero attached hydrogens (tertiary/aromatic N) is 4. The summed E-state index contributed by atoms with van der Waals surface area (Å²) in [6, 6.07) is 3.82. The third-order valence-corrected chi connectivity index (χ3v) is 7.56. The van der Waals surface area contributed by atoms with E-state index in [1.165, 1.54) is 0 Å². The highest BCUT2D eigenvalue weighted by Crippen LogP contribution is 2.39. The number of carbonyl (C=O) groups is 1. The number of rotatable bonds is 5. The van der Waals surface area contributed by atoms with Crippen molar-refractivity contribution in [2.24, 2.45) is 5.92 Å². The van der Waals surface area contributed by atoms with Crippen LogP contribution in [0.3, 0.4) is 0 Å². The largest absolute Gasteiger partial charge is 0.350 e. The third-order valence-electron chi connectivity index (χ3n) is 5.44. The summed E-state index contributed by atoms with van der Waals surface area (Å²) in [5, 5.41) is 2.59. The summed E-state index contributed by atoms with van der Waals surface area (Å²) in [7, 11) is -3.34. The minimum Gasteiger partial charge on any atom is -0.350 e. The topological polar surface area (TPSA) is 105 Å². The smallest absolute Gasteiger partial charge is 0.223 e. The van der Waals surface area contributed by atoms with Crippen LogP contribution in [-0.2, 0) is 26.9 Å². The Morgan fingerprint density at radius 3 is 2.86 bits per heavy atom. The second kappa shape index (κ2) is 7.70. The lowest BCUT2D eigenvalue weighted by molar-refractivity contribution is -0.130. The Kier molecular flexibility index (Phi) is 5.24. The van der Waals surface area contributed by atoms with Crippen LogP contribution in [0, 0.1) is 5.92 Å². The van der Waals surface area contributed by atoms with Gasteiger partial charge in [0.05, 0.1) is 16.7 Å². The molecule has 1 fully saturated rings. The number of pyridine rings is 1. The molecule has 1 N–H and O–H groups in total. The standard InChI is InChI=1S/C20H25N5O3S/c1-13(2)6-18(26)25-10-16-17(11-25)29(27,28)12-15-9-23-20(24-19(15)16)22-8-14-4-3-5-21-7-14/h3-5,7,9,13,16-17H,6,8,10-12H2,1-2H3,(H,22,23,24)/t16-,17+/m0/s1. The number of anilines is 1. The summed E-state index contributed by atoms with van der Waals surface area (Å²) < 4.78 is 25.6. The lowest BCUT2D eigenvalue weighted by atomic mass is 10.00. The highest BCUT2D eigenvalue weighted by atomic mass is 32.2. The Morgan fingerprint density at radius 1 is 1.31 bits per heavy atom. The molecule has 1 saturated heterocycles. The molecule has 0 aliphatic carbocycles. The quantitative estimate of drug-likeness (QED) is 0.793. The number of amides is 1. The van der Waals surface area contributed by atoms with Gasteiger partial charge in [-0.05, 0) is 17.5 Å². The third kappa shape index (κ3) is 4.10. The summed E-state index contributed by atoms with van der Waals surface area (Å²) in [5.41, 5.74) is 2.38. The summed E-state index contributed by atoms with van der Waals surface area (Å²) in [6.07, 6.45) is 5.50. The zero-order valence-corrected chi connectivity index (χ0v) is 17.4. The van der Waals surface area contributed by atoms with E-state index in [4.69, 9.17) is 0 Å². The molecule has 0 spiro atoms. The van der Waals surface area contributed by atoms with E-state index in [-0.39, 0.29) is 30.0 Å². The Morgan fingerprint density at radius 2 is 2.14 bits per heavy atom. The van der Waals surface area contributed by atoms with Crippen molar-refractivity contribution in [1.82, 2.24) is 19.9 Å². The van der Waals surface area contributed by atoms with Gasteiger partial charge in [-0.1, -0.05) is 19.9 Å². The van der Waals surface area contributed by atoms with E-state index in [0.717, 1.165) is 11.3 Å². The molecule has 0 unspecified atom stereocenters. The Balaban J connectivity index is 1.57. The van der Waals surface area contributed by atoms with Gasteiger partial charge in [-0.3, -0.25) is 9.78 Å². The monoisotopic (exact) mass is 415 g/mol. The Hall–Kier alpha value is -2.55. The van der Waals surface area contributed by atoms with Gasteiger partial charge in [-0.2, -0.15) is 0 Å². The molecule has 2 aliphatic heterocycles. The molecule has 2 aliphatic rings. The highest BCUT2D eigenvalue weighted by Gasteiger charge is 2.48. The zero-order valence-electron chi connectivity index (χ0n) is 16.6. The van der Waals surface area contributed by atoms with Crippen molar-refractivity contribution in [3.05, 3.63) is 47.5 Å². The van der Waals surface area contributed by atoms with Gasteiger partial charge < -0.3 is 10.2 Å². The first-order chi connectivity index (χ1) is 13.8. The zero-order chi connectivity index (χ0) is 20.6. The lowest BCUT2D eigenvalue weighted by Crippen LogP contribution is -2.36. The van der Waals surface area contributed by atoms with Gasteiger partial charge in [-0.15, -0.1) is 0 Å². The van der Waals surface area contributed by atoms with Crippen molar-refractivity contribution in [1.29, 1.82) is 0 Å². The fourth-order valence-electron chi connectivity index (χ4n) is 4.03. The molecular formula is C20H25N5O3S. The Bertz CT molecular complexity index is 1010. The maximum absolute atomic E-state index is 12.8. The van der Waals surface area contributed by atoms with E-state index >= 15 is 0 Å². The van der Waals surface area contributed by atoms with Gasteiger partial charge in [0.1, 0.15) is 0 Å². The predicted octanol–water partition coefficient (Wildman–Crippen LogP) is 1.75. The molecular weight excluding hydrogens is 390 g/mol. The van der Waals surface area contributed by atoms with Crippen molar-refractivity contribution in [3.63, 3.8) is 0 Å². The van der Waals surface area contributed by atoms with Gasteiger partial charge in [-0.25, -0.2) is 18.4 Å². The minimum atomic E-state index is -3.34. The first-order valence-electron chi connectivity index (χ1n) is 9.81. The van der Waals surface area contributed by atoms with Crippen LogP contribution in [0.1, 0.15) is 43.0 Å². The maximum atomic E-state index is 12.8. The summed E-state index contributed by atoms with van der Waals surface area (Å²) in [4.78, 5) is 27.2. The van der Waals surface area contributed by atoms with Gasteiger partial charge in [0.2, 0.25) is 11.9 Å². The minimum absolute atomic E-state index is 0.00938. The number of sulfone groups is 1. The van der Waals surface area contributed by atoms with Crippen LogP contribution in [0.2, 0.25) is 0 Å². The summed E-state index contributed by atoms with van der Waals surface area (Å²) in [5.74, 6) is 0.327. The number of nitrogens with one attached hydrogen (secondary N) is 1. The van der Waals surface area contributed by atoms with E-state index in [1.54, 1.807) is 23.5 Å². The molecule has 4 rings (SSSR count). The molecule has 29 heavy (non-hydrogen) atoms. The molecule has 9 heteroatoms. The van der Waals surface area contributed by atoms with Gasteiger partial charge in [0.25, 0.3) is 0 Å². The number of likely N-dealkylation sites (tertiary alicyclic amines) is 1. The first-order valence-corrected chi connectivity index (χ1v) is 11.5. The van der Waals surface area contributed by atoms with Crippen LogP contribution in [0.15, 0.2) is 30.7 Å². The molecule has 0 bridgehead atoms. The second-order valence-electron chi connectivity index (χ2n) is 8.17. The summed E-state index contributed by atoms with van der Waals surface area (Å²) in [6.45, 7) is 5.14. The molecule has 154 valence electrons. The van der Waals surface area contributed by atoms with E-state index in [0.29, 0.717) is 31.0 Å². The van der Waals surface area contributed by atoms with Crippen LogP contribution in [0.4, 0.5) is 5.95 Å². The molecule has 4 heterocycles. The van der Waals surface area contributed by atoms with E-state index < -0.39 is 15.1 Å². The number of hydrogen-bond donors (Lipinski definition) is 1. The van der Waals surface area contributed by atoms with Gasteiger partial charge >= 0.3 is 0 Å². The van der Waals surface area contributed by atoms with Gasteiger partial charge in [0, 0.05) is 56.1 Å². The Labute approximate surface area is 170 Å². The SMILES string of the molecule is CC(C)CC(=O)N1C[C@@H]2c3nc(NCc4cccnc4)ncc3CS(=O)(=O)[C@@H]2C1. The van der Waals surface area contributed by atoms with Crippen LogP contribution in [0.5, 0.6) is 0 Å². The van der Waals surface area contributed by atoms with E-state index in [2.05, 4.69) is 20.3 Å². The molecule has 2 aromatic heterocycles. The van der Waals surface area contributed by atoms with Crippen LogP contribution >= 0.6 is 0 Å². The van der Waals surface area contributed by atoms with E-state index in [1.807, 2.05) is 26.0 Å². The van der Waals surface area contributed by atoms with Crippen molar-refractivity contribution < 1.29 is 13.2 Å². The van der Waals surface area contributed by atoms with Crippen molar-refractivity contribution in [2.75, 3.05) is 18.4 Å². The predicted molar refractivity (Wildman–Crippen MR) is 109 cm³/mol. The number of hydrogen-bond acceptors (Lipinski definition) is 7. The van der Waals surface area contributed by atoms with Gasteiger partial charge in [0.15, 0.2) is 9.84 Å². The first kappa shape index (κ1) is 19.8. The van der Waals surface area contributed by atoms with Crippen LogP contribution in [-0.4, -0.2) is 52.5 Å². The maximum Gasteiger partial charge on any atom is 0.223 e. The molecule has 0 radical (unpaired) electrons. The molecule has 0 aromatic carbocycles. The normalized spacial score (nSPS) is 22.2. The van der Waals surface area contributed by atoms with Crippen LogP contribution < -0.4 is 5.32 Å². The highest BCUT2D eigenvalue weighted by molar-refractivity contribution is 7.91. The number of carbonyl (C=O) groups excluding carboxylic acids is 1. The summed E-state index contributed by atoms with van der Waals surface area (Å²) >= 11 is 0. The number of fused-ring (bicyclic) bond motifs is 3. The fourth-order valence-corrected chi connectivity index (χ4v) is 6.02. The average molecular weight is 416 g/mol. The number of aromatic nitrogens is 3. The van der Waals surface area contributed by atoms with Crippen molar-refractivity contribution in [3.8, 4) is 0 Å². The fraction of sp³-hybridized carbons (Fsp3) is 0.500. The molecule has 0 saturated carbocycles. The van der Waals surface area contributed by atoms with E-state index in [9.17, 15) is 13.2 Å². The second-order valence-corrected chi connectivity index (χ2v) is 10.4. The molecule has 2 atom stereocenters. The van der Waals surface area contributed by atoms with Crippen molar-refractivity contribution in [2.45, 2.75) is 43.7 Å². The molecule has 8 nitrogen and oxygen atoms in total. The van der Waals surface area contributed by atoms with Crippen LogP contribution in [0.25, 0.3) is 0 Å². The average Bonchev–Trinajstić information content (AvgIpc) is 3.14. The molecule has 1 amide bonds. The van der Waals surface area contributed by atoms with Crippen molar-refractivity contribution >= 4 is 21.7 Å². The molecule has 2 aromatic rings. The lowest BCUT2D eigenvalue weighted by Gasteiger charge is -2.26.